The van der Waals surface area contributed by atoms with Crippen LogP contribution in [0.1, 0.15) is 101 Å². The van der Waals surface area contributed by atoms with Crippen molar-refractivity contribution in [3.63, 3.8) is 0 Å². The predicted molar refractivity (Wildman–Crippen MR) is 182 cm³/mol. The van der Waals surface area contributed by atoms with Gasteiger partial charge < -0.3 is 36.4 Å². The van der Waals surface area contributed by atoms with Crippen molar-refractivity contribution in [1.82, 2.24) is 10.6 Å². The Balaban J connectivity index is 1.19. The van der Waals surface area contributed by atoms with Crippen LogP contribution in [0.2, 0.25) is 0 Å². The number of phenolic OH excluding ortho intramolecular Hbond substituents is 1. The number of aliphatic hydroxyl groups is 2. The number of dihydropyridines is 1. The van der Waals surface area contributed by atoms with E-state index >= 15 is 0 Å². The van der Waals surface area contributed by atoms with Gasteiger partial charge in [-0.1, -0.05) is 30.8 Å². The number of aromatic hydroxyl groups is 1. The number of methoxy groups -OCH3 is 1. The molecule has 2 heterocycles. The number of piperidine rings is 1. The number of carbonyl (C=O) groups excluding carboxylic acids is 2. The Hall–Kier alpha value is -3.32. The summed E-state index contributed by atoms with van der Waals surface area (Å²) in [5.74, 6) is 7.88. The lowest BCUT2D eigenvalue weighted by molar-refractivity contribution is -0.124. The highest BCUT2D eigenvalue weighted by molar-refractivity contribution is 5.85. The molecule has 1 saturated heterocycles. The Labute approximate surface area is 279 Å². The van der Waals surface area contributed by atoms with Crippen LogP contribution in [-0.2, 0) is 16.0 Å². The molecule has 2 aliphatic heterocycles. The Morgan fingerprint density at radius 2 is 1.91 bits per heavy atom. The number of benzene rings is 1. The maximum absolute atomic E-state index is 13.4. The van der Waals surface area contributed by atoms with Crippen molar-refractivity contribution in [2.45, 2.75) is 114 Å². The minimum atomic E-state index is -0.845. The van der Waals surface area contributed by atoms with E-state index in [9.17, 15) is 24.9 Å². The second kappa shape index (κ2) is 16.7. The average Bonchev–Trinajstić information content (AvgIpc) is 3.12. The largest absolute Gasteiger partial charge is 0.504 e. The van der Waals surface area contributed by atoms with Crippen LogP contribution in [0.25, 0.3) is 0 Å². The third-order valence-corrected chi connectivity index (χ3v) is 10.6. The van der Waals surface area contributed by atoms with Crippen molar-refractivity contribution in [3.05, 3.63) is 46.8 Å². The lowest BCUT2D eigenvalue weighted by Gasteiger charge is -2.39. The van der Waals surface area contributed by atoms with Crippen molar-refractivity contribution in [2.75, 3.05) is 20.2 Å². The minimum absolute atomic E-state index is 0.0173. The van der Waals surface area contributed by atoms with Gasteiger partial charge in [-0.2, -0.15) is 0 Å². The Kier molecular flexibility index (Phi) is 12.4. The van der Waals surface area contributed by atoms with E-state index in [4.69, 9.17) is 10.5 Å². The fraction of sp³-hybridized carbons (Fsp3) is 0.632. The lowest BCUT2D eigenvalue weighted by Crippen LogP contribution is -2.48. The normalized spacial score (nSPS) is 27.3. The number of ether oxygens (including phenoxy) is 1. The molecular weight excluding hydrogens is 594 g/mol. The monoisotopic (exact) mass is 647 g/mol. The molecule has 9 nitrogen and oxygen atoms in total. The predicted octanol–water partition coefficient (Wildman–Crippen LogP) is 4.14. The summed E-state index contributed by atoms with van der Waals surface area (Å²) in [6.07, 6.45) is 12.6. The van der Waals surface area contributed by atoms with Crippen LogP contribution in [0, 0.1) is 29.6 Å². The fourth-order valence-corrected chi connectivity index (χ4v) is 7.84. The highest BCUT2D eigenvalue weighted by Crippen LogP contribution is 2.37. The molecule has 1 saturated carbocycles. The first kappa shape index (κ1) is 35.0. The third-order valence-electron chi connectivity index (χ3n) is 10.6. The van der Waals surface area contributed by atoms with Crippen molar-refractivity contribution in [1.29, 1.82) is 0 Å². The molecule has 0 aromatic heterocycles. The van der Waals surface area contributed by atoms with Gasteiger partial charge in [0, 0.05) is 37.8 Å². The molecule has 7 unspecified atom stereocenters. The van der Waals surface area contributed by atoms with Gasteiger partial charge in [0.05, 0.1) is 25.1 Å². The Morgan fingerprint density at radius 3 is 2.72 bits per heavy atom. The van der Waals surface area contributed by atoms with Crippen molar-refractivity contribution in [3.8, 4) is 23.3 Å². The molecule has 0 radical (unpaired) electrons. The second-order valence-electron chi connectivity index (χ2n) is 14.0. The molecule has 7 atom stereocenters. The van der Waals surface area contributed by atoms with E-state index in [2.05, 4.69) is 28.6 Å². The summed E-state index contributed by atoms with van der Waals surface area (Å²) in [7, 11) is 1.50. The maximum Gasteiger partial charge on any atom is 0.160 e. The van der Waals surface area contributed by atoms with Gasteiger partial charge in [0.25, 0.3) is 0 Å². The van der Waals surface area contributed by atoms with Gasteiger partial charge in [-0.3, -0.25) is 9.59 Å². The van der Waals surface area contributed by atoms with Gasteiger partial charge in [-0.05, 0) is 111 Å². The smallest absolute Gasteiger partial charge is 0.160 e. The number of aliphatic hydroxyl groups excluding tert-OH is 2. The number of nitrogens with one attached hydrogen (secondary N) is 2. The first-order valence-electron chi connectivity index (χ1n) is 17.6. The zero-order valence-electron chi connectivity index (χ0n) is 27.8. The first-order chi connectivity index (χ1) is 22.7. The number of rotatable bonds is 13. The zero-order valence-corrected chi connectivity index (χ0v) is 27.8. The van der Waals surface area contributed by atoms with Gasteiger partial charge in [0.15, 0.2) is 17.3 Å². The molecule has 0 amide bonds. The molecule has 0 spiro atoms. The van der Waals surface area contributed by atoms with E-state index in [1.165, 1.54) is 7.11 Å². The summed E-state index contributed by atoms with van der Waals surface area (Å²) in [5.41, 5.74) is 8.72. The van der Waals surface area contributed by atoms with E-state index < -0.39 is 18.1 Å². The van der Waals surface area contributed by atoms with E-state index in [1.54, 1.807) is 12.1 Å². The molecule has 9 heteroatoms. The quantitative estimate of drug-likeness (QED) is 0.137. The summed E-state index contributed by atoms with van der Waals surface area (Å²) in [6, 6.07) is 3.82. The molecule has 2 aliphatic carbocycles. The van der Waals surface area contributed by atoms with Crippen molar-refractivity contribution < 1.29 is 29.6 Å². The number of ketones is 2. The van der Waals surface area contributed by atoms with Crippen LogP contribution in [0.5, 0.6) is 11.5 Å². The molecule has 5 rings (SSSR count). The van der Waals surface area contributed by atoms with Crippen LogP contribution in [0.3, 0.4) is 0 Å². The van der Waals surface area contributed by atoms with E-state index in [1.807, 2.05) is 6.08 Å². The highest BCUT2D eigenvalue weighted by Gasteiger charge is 2.34. The molecule has 4 aliphatic rings. The minimum Gasteiger partial charge on any atom is -0.504 e. The molecule has 1 aromatic carbocycles. The maximum atomic E-state index is 13.4. The topological polar surface area (TPSA) is 154 Å². The van der Waals surface area contributed by atoms with Gasteiger partial charge >= 0.3 is 0 Å². The van der Waals surface area contributed by atoms with Gasteiger partial charge in [-0.25, -0.2) is 0 Å². The van der Waals surface area contributed by atoms with Gasteiger partial charge in [0.1, 0.15) is 11.7 Å². The Bertz CT molecular complexity index is 1390. The fourth-order valence-electron chi connectivity index (χ4n) is 7.84. The number of aryl methyl sites for hydroxylation is 1. The lowest BCUT2D eigenvalue weighted by atomic mass is 9.74. The Morgan fingerprint density at radius 1 is 1.06 bits per heavy atom. The van der Waals surface area contributed by atoms with E-state index in [0.29, 0.717) is 86.7 Å². The zero-order chi connectivity index (χ0) is 33.3. The molecule has 2 fully saturated rings. The van der Waals surface area contributed by atoms with Crippen molar-refractivity contribution >= 4 is 11.6 Å². The van der Waals surface area contributed by atoms with Crippen LogP contribution < -0.4 is 21.1 Å². The standard InChI is InChI=1S/C38H53N3O6/c1-47-37-20-27-10-15-35(45)31(34(44)5-3-2-4-25-18-28-8-13-30(43)21-33(28)41-23-25)14-9-26(32(27)22-36(37)46)7-12-29(42)11-6-24-16-17-40-38(39)19-24/h16,19-20,22,25-26,28-29,31,33-34,40-42,44,46H,2-8,10-13,15,17-18,21,23,39H2,1H3. The number of allylic oxidation sites excluding steroid dienone is 2. The number of phenols is 1. The van der Waals surface area contributed by atoms with Crippen LogP contribution in [0.15, 0.2) is 35.7 Å². The SMILES string of the molecule is COc1cc2c(cc1O)C(CCC(O)CCC1=CCNC(N)=C1)C#CC(C(O)CCCCC1CNC3CC(=O)CCC3C1)C(=O)CC2. The molecule has 47 heavy (non-hydrogen) atoms. The van der Waals surface area contributed by atoms with Crippen molar-refractivity contribution in [2.24, 2.45) is 23.5 Å². The second-order valence-corrected chi connectivity index (χ2v) is 14.0. The molecular formula is C38H53N3O6. The number of hydrogen-bond acceptors (Lipinski definition) is 9. The molecule has 256 valence electrons. The molecule has 0 bridgehead atoms. The van der Waals surface area contributed by atoms with Gasteiger partial charge in [0.2, 0.25) is 0 Å². The number of unbranched alkanes of at least 4 members (excludes halogenated alkanes) is 1. The average molecular weight is 648 g/mol. The van der Waals surface area contributed by atoms with Crippen LogP contribution >= 0.6 is 0 Å². The summed E-state index contributed by atoms with van der Waals surface area (Å²) in [6.45, 7) is 1.63. The highest BCUT2D eigenvalue weighted by atomic mass is 16.5. The summed E-state index contributed by atoms with van der Waals surface area (Å²) < 4.78 is 5.37. The summed E-state index contributed by atoms with van der Waals surface area (Å²) in [4.78, 5) is 25.2. The first-order valence-corrected chi connectivity index (χ1v) is 17.6. The van der Waals surface area contributed by atoms with E-state index in [-0.39, 0.29) is 23.9 Å². The van der Waals surface area contributed by atoms with Gasteiger partial charge in [-0.15, -0.1) is 0 Å². The number of Topliss-reactive ketones (excluding diaryl/α,β-unsaturated/α-hetero) is 2. The summed E-state index contributed by atoms with van der Waals surface area (Å²) in [5, 5.41) is 39.4. The number of fused-ring (bicyclic) bond motifs is 2. The number of hydrogen-bond donors (Lipinski definition) is 6. The van der Waals surface area contributed by atoms with Crippen LogP contribution in [0.4, 0.5) is 0 Å². The number of nitrogens with two attached hydrogens (primary N) is 1. The third kappa shape index (κ3) is 9.62. The molecule has 7 N–H and O–H groups in total. The van der Waals surface area contributed by atoms with E-state index in [0.717, 1.165) is 61.8 Å². The summed E-state index contributed by atoms with van der Waals surface area (Å²) >= 11 is 0. The number of carbonyl (C=O) groups is 2. The molecule has 1 aromatic rings. The van der Waals surface area contributed by atoms with Crippen LogP contribution in [-0.4, -0.2) is 65.3 Å².